The van der Waals surface area contributed by atoms with Crippen molar-refractivity contribution in [2.45, 2.75) is 0 Å². The van der Waals surface area contributed by atoms with Gasteiger partial charge in [0.1, 0.15) is 5.75 Å². The van der Waals surface area contributed by atoms with Crippen LogP contribution in [-0.4, -0.2) is 33.3 Å². The monoisotopic (exact) mass is 270 g/mol. The fourth-order valence-corrected chi connectivity index (χ4v) is 2.48. The summed E-state index contributed by atoms with van der Waals surface area (Å²) in [4.78, 5) is 2.36. The van der Waals surface area contributed by atoms with Crippen molar-refractivity contribution in [1.82, 2.24) is 5.32 Å². The van der Waals surface area contributed by atoms with Gasteiger partial charge >= 0.3 is 0 Å². The fraction of sp³-hybridized carbons (Fsp3) is 0.455. The van der Waals surface area contributed by atoms with Crippen molar-refractivity contribution in [3.05, 3.63) is 22.7 Å². The van der Waals surface area contributed by atoms with Gasteiger partial charge in [-0.15, -0.1) is 0 Å². The van der Waals surface area contributed by atoms with E-state index in [1.807, 2.05) is 12.1 Å². The number of nitrogens with one attached hydrogen (secondary N) is 1. The van der Waals surface area contributed by atoms with Crippen molar-refractivity contribution < 1.29 is 4.74 Å². The van der Waals surface area contributed by atoms with Gasteiger partial charge in [0.25, 0.3) is 0 Å². The standard InChI is InChI=1S/C11H15BrN2O/c1-15-10-4-2-3-9(11(10)12)14-7-5-13-6-8-14/h2-4,13H,5-8H2,1H3. The third-order valence-electron chi connectivity index (χ3n) is 2.62. The Kier molecular flexibility index (Phi) is 3.49. The highest BCUT2D eigenvalue weighted by Gasteiger charge is 2.15. The largest absolute Gasteiger partial charge is 0.495 e. The molecular formula is C11H15BrN2O. The number of nitrogens with zero attached hydrogens (tertiary/aromatic N) is 1. The number of hydrogen-bond donors (Lipinski definition) is 1. The summed E-state index contributed by atoms with van der Waals surface area (Å²) in [7, 11) is 1.70. The molecule has 82 valence electrons. The van der Waals surface area contributed by atoms with Gasteiger partial charge in [0, 0.05) is 26.2 Å². The lowest BCUT2D eigenvalue weighted by atomic mass is 10.2. The third-order valence-corrected chi connectivity index (χ3v) is 3.42. The molecule has 2 rings (SSSR count). The van der Waals surface area contributed by atoms with Crippen molar-refractivity contribution in [3.8, 4) is 5.75 Å². The van der Waals surface area contributed by atoms with E-state index < -0.39 is 0 Å². The number of hydrogen-bond acceptors (Lipinski definition) is 3. The van der Waals surface area contributed by atoms with Crippen LogP contribution in [0.25, 0.3) is 0 Å². The summed E-state index contributed by atoms with van der Waals surface area (Å²) in [6.07, 6.45) is 0. The molecule has 4 heteroatoms. The summed E-state index contributed by atoms with van der Waals surface area (Å²) >= 11 is 3.59. The zero-order chi connectivity index (χ0) is 10.7. The normalized spacial score (nSPS) is 16.5. The topological polar surface area (TPSA) is 24.5 Å². The molecule has 0 unspecified atom stereocenters. The van der Waals surface area contributed by atoms with Crippen LogP contribution in [0.3, 0.4) is 0 Å². The molecule has 1 aromatic carbocycles. The second-order valence-corrected chi connectivity index (χ2v) is 4.32. The Labute approximate surface area is 98.5 Å². The average molecular weight is 271 g/mol. The molecule has 0 bridgehead atoms. The molecule has 0 aromatic heterocycles. The molecular weight excluding hydrogens is 256 g/mol. The van der Waals surface area contributed by atoms with Crippen LogP contribution in [0.5, 0.6) is 5.75 Å². The van der Waals surface area contributed by atoms with E-state index in [-0.39, 0.29) is 0 Å². The van der Waals surface area contributed by atoms with Crippen molar-refractivity contribution >= 4 is 21.6 Å². The highest BCUT2D eigenvalue weighted by atomic mass is 79.9. The maximum atomic E-state index is 5.29. The lowest BCUT2D eigenvalue weighted by Crippen LogP contribution is -2.43. The predicted octanol–water partition coefficient (Wildman–Crippen LogP) is 1.87. The molecule has 1 aromatic rings. The number of methoxy groups -OCH3 is 1. The van der Waals surface area contributed by atoms with E-state index in [1.54, 1.807) is 7.11 Å². The van der Waals surface area contributed by atoms with Crippen LogP contribution in [0, 0.1) is 0 Å². The minimum Gasteiger partial charge on any atom is -0.495 e. The highest BCUT2D eigenvalue weighted by molar-refractivity contribution is 9.10. The van der Waals surface area contributed by atoms with Gasteiger partial charge in [-0.05, 0) is 28.1 Å². The molecule has 0 saturated carbocycles. The van der Waals surface area contributed by atoms with E-state index in [0.717, 1.165) is 36.4 Å². The first-order valence-corrected chi connectivity index (χ1v) is 5.90. The SMILES string of the molecule is COc1cccc(N2CCNCC2)c1Br. The molecule has 3 nitrogen and oxygen atoms in total. The van der Waals surface area contributed by atoms with Gasteiger partial charge in [-0.2, -0.15) is 0 Å². The quantitative estimate of drug-likeness (QED) is 0.888. The van der Waals surface area contributed by atoms with E-state index in [4.69, 9.17) is 4.74 Å². The maximum Gasteiger partial charge on any atom is 0.135 e. The number of rotatable bonds is 2. The Morgan fingerprint density at radius 1 is 1.33 bits per heavy atom. The summed E-state index contributed by atoms with van der Waals surface area (Å²) in [5.41, 5.74) is 1.22. The molecule has 1 heterocycles. The molecule has 0 atom stereocenters. The van der Waals surface area contributed by atoms with Gasteiger partial charge in [-0.1, -0.05) is 6.07 Å². The zero-order valence-electron chi connectivity index (χ0n) is 8.79. The lowest BCUT2D eigenvalue weighted by Gasteiger charge is -2.30. The number of halogens is 1. The smallest absolute Gasteiger partial charge is 0.135 e. The Bertz CT molecular complexity index is 337. The molecule has 0 aliphatic carbocycles. The van der Waals surface area contributed by atoms with E-state index in [1.165, 1.54) is 5.69 Å². The second-order valence-electron chi connectivity index (χ2n) is 3.53. The van der Waals surface area contributed by atoms with E-state index in [2.05, 4.69) is 32.2 Å². The first-order chi connectivity index (χ1) is 7.33. The molecule has 1 N–H and O–H groups in total. The average Bonchev–Trinajstić information content (AvgIpc) is 2.30. The molecule has 1 saturated heterocycles. The van der Waals surface area contributed by atoms with E-state index in [9.17, 15) is 0 Å². The minimum atomic E-state index is 0.894. The molecule has 15 heavy (non-hydrogen) atoms. The predicted molar refractivity (Wildman–Crippen MR) is 65.8 cm³/mol. The van der Waals surface area contributed by atoms with Crippen molar-refractivity contribution in [3.63, 3.8) is 0 Å². The lowest BCUT2D eigenvalue weighted by molar-refractivity contribution is 0.412. The van der Waals surface area contributed by atoms with Gasteiger partial charge in [-0.25, -0.2) is 0 Å². The van der Waals surface area contributed by atoms with Crippen LogP contribution in [-0.2, 0) is 0 Å². The Hall–Kier alpha value is -0.740. The Morgan fingerprint density at radius 3 is 2.73 bits per heavy atom. The first-order valence-electron chi connectivity index (χ1n) is 5.11. The minimum absolute atomic E-state index is 0.894. The van der Waals surface area contributed by atoms with Crippen LogP contribution in [0.1, 0.15) is 0 Å². The summed E-state index contributed by atoms with van der Waals surface area (Å²) in [5, 5.41) is 3.34. The van der Waals surface area contributed by atoms with Gasteiger partial charge in [0.05, 0.1) is 17.3 Å². The van der Waals surface area contributed by atoms with Crippen LogP contribution in [0.2, 0.25) is 0 Å². The van der Waals surface area contributed by atoms with E-state index >= 15 is 0 Å². The number of benzene rings is 1. The van der Waals surface area contributed by atoms with Crippen molar-refractivity contribution in [1.29, 1.82) is 0 Å². The molecule has 0 spiro atoms. The molecule has 0 amide bonds. The van der Waals surface area contributed by atoms with Gasteiger partial charge in [0.15, 0.2) is 0 Å². The van der Waals surface area contributed by atoms with Crippen molar-refractivity contribution in [2.75, 3.05) is 38.2 Å². The number of ether oxygens (including phenoxy) is 1. The number of anilines is 1. The molecule has 1 aliphatic rings. The van der Waals surface area contributed by atoms with Crippen LogP contribution >= 0.6 is 15.9 Å². The third kappa shape index (κ3) is 2.26. The molecule has 0 radical (unpaired) electrons. The Morgan fingerprint density at radius 2 is 2.07 bits per heavy atom. The van der Waals surface area contributed by atoms with Gasteiger partial charge in [0.2, 0.25) is 0 Å². The maximum absolute atomic E-state index is 5.29. The fourth-order valence-electron chi connectivity index (χ4n) is 1.81. The van der Waals surface area contributed by atoms with Crippen molar-refractivity contribution in [2.24, 2.45) is 0 Å². The summed E-state index contributed by atoms with van der Waals surface area (Å²) < 4.78 is 6.34. The van der Waals surface area contributed by atoms with E-state index in [0.29, 0.717) is 0 Å². The Balaban J connectivity index is 2.26. The number of piperazine rings is 1. The second kappa shape index (κ2) is 4.86. The highest BCUT2D eigenvalue weighted by Crippen LogP contribution is 2.34. The van der Waals surface area contributed by atoms with Crippen LogP contribution < -0.4 is 15.0 Å². The van der Waals surface area contributed by atoms with Gasteiger partial charge in [-0.3, -0.25) is 0 Å². The van der Waals surface area contributed by atoms with Gasteiger partial charge < -0.3 is 15.0 Å². The van der Waals surface area contributed by atoms with Crippen LogP contribution in [0.4, 0.5) is 5.69 Å². The molecule has 1 fully saturated rings. The first kappa shape index (κ1) is 10.8. The molecule has 1 aliphatic heterocycles. The summed E-state index contributed by atoms with van der Waals surface area (Å²) in [6.45, 7) is 4.19. The van der Waals surface area contributed by atoms with Crippen LogP contribution in [0.15, 0.2) is 22.7 Å². The summed E-state index contributed by atoms with van der Waals surface area (Å²) in [5.74, 6) is 0.894. The summed E-state index contributed by atoms with van der Waals surface area (Å²) in [6, 6.07) is 6.12. The zero-order valence-corrected chi connectivity index (χ0v) is 10.4.